The molecule has 2 heteroatoms. The van der Waals surface area contributed by atoms with Crippen molar-refractivity contribution in [3.05, 3.63) is 46.5 Å². The molecule has 2 rings (SSSR count). The topological polar surface area (TPSA) is 52.0 Å². The zero-order valence-corrected chi connectivity index (χ0v) is 17.9. The van der Waals surface area contributed by atoms with Gasteiger partial charge >= 0.3 is 0 Å². The Balaban J connectivity index is 2.80. The van der Waals surface area contributed by atoms with E-state index in [1.54, 1.807) is 0 Å². The van der Waals surface area contributed by atoms with Crippen LogP contribution >= 0.6 is 0 Å². The normalized spacial score (nSPS) is 12.5. The highest BCUT2D eigenvalue weighted by atomic mass is 14.6. The molecule has 4 N–H and O–H groups in total. The zero-order valence-electron chi connectivity index (χ0n) is 17.9. The number of hydrogen-bond acceptors (Lipinski definition) is 2. The molecular formula is C24H36N2. The summed E-state index contributed by atoms with van der Waals surface area (Å²) in [6.45, 7) is 17.7. The van der Waals surface area contributed by atoms with Gasteiger partial charge in [0.2, 0.25) is 0 Å². The summed E-state index contributed by atoms with van der Waals surface area (Å²) in [6, 6.07) is 9.04. The van der Waals surface area contributed by atoms with E-state index >= 15 is 0 Å². The molecular weight excluding hydrogens is 316 g/mol. The minimum atomic E-state index is 0.0122. The zero-order chi connectivity index (χ0) is 19.9. The van der Waals surface area contributed by atoms with Gasteiger partial charge in [-0.15, -0.1) is 0 Å². The molecule has 2 aromatic carbocycles. The first-order valence-corrected chi connectivity index (χ1v) is 9.76. The molecule has 0 bridgehead atoms. The SMILES string of the molecule is CCc1cc(-c2cc(CC)c(N)c(C(C)(C)C)c2)cc(C(C)(C)C)c1N. The van der Waals surface area contributed by atoms with Crippen LogP contribution in [0.2, 0.25) is 0 Å². The molecule has 0 unspecified atom stereocenters. The number of nitrogens with two attached hydrogens (primary N) is 2. The van der Waals surface area contributed by atoms with Gasteiger partial charge in [-0.25, -0.2) is 0 Å². The summed E-state index contributed by atoms with van der Waals surface area (Å²) in [5.74, 6) is 0. The Kier molecular flexibility index (Phi) is 5.46. The molecule has 0 amide bonds. The smallest absolute Gasteiger partial charge is 0.0384 e. The van der Waals surface area contributed by atoms with Crippen LogP contribution in [0.4, 0.5) is 11.4 Å². The molecule has 0 aliphatic heterocycles. The van der Waals surface area contributed by atoms with Crippen LogP contribution in [0.1, 0.15) is 77.6 Å². The third-order valence-electron chi connectivity index (χ3n) is 5.24. The molecule has 0 saturated heterocycles. The molecule has 0 saturated carbocycles. The fourth-order valence-electron chi connectivity index (χ4n) is 3.59. The second-order valence-electron chi connectivity index (χ2n) is 9.40. The largest absolute Gasteiger partial charge is 0.398 e. The van der Waals surface area contributed by atoms with E-state index in [-0.39, 0.29) is 10.8 Å². The molecule has 142 valence electrons. The lowest BCUT2D eigenvalue weighted by molar-refractivity contribution is 0.591. The lowest BCUT2D eigenvalue weighted by atomic mass is 9.80. The number of hydrogen-bond donors (Lipinski definition) is 2. The van der Waals surface area contributed by atoms with Gasteiger partial charge in [0.15, 0.2) is 0 Å². The molecule has 0 fully saturated rings. The maximum absolute atomic E-state index is 6.49. The minimum Gasteiger partial charge on any atom is -0.398 e. The quantitative estimate of drug-likeness (QED) is 0.643. The van der Waals surface area contributed by atoms with Crippen LogP contribution in [0.5, 0.6) is 0 Å². The highest BCUT2D eigenvalue weighted by Gasteiger charge is 2.23. The molecule has 0 atom stereocenters. The van der Waals surface area contributed by atoms with E-state index in [1.807, 2.05) is 0 Å². The Bertz CT molecular complexity index is 733. The molecule has 0 aliphatic rings. The summed E-state index contributed by atoms with van der Waals surface area (Å²) in [6.07, 6.45) is 1.87. The van der Waals surface area contributed by atoms with E-state index in [9.17, 15) is 0 Å². The van der Waals surface area contributed by atoms with E-state index in [4.69, 9.17) is 11.5 Å². The van der Waals surface area contributed by atoms with E-state index in [0.29, 0.717) is 0 Å². The van der Waals surface area contributed by atoms with Gasteiger partial charge in [0.1, 0.15) is 0 Å². The summed E-state index contributed by atoms with van der Waals surface area (Å²) in [5, 5.41) is 0. The Morgan fingerprint density at radius 2 is 0.923 bits per heavy atom. The number of anilines is 2. The standard InChI is InChI=1S/C24H36N2/c1-9-15-11-17(13-19(21(15)25)23(3,4)5)18-12-16(10-2)22(26)20(14-18)24(6,7)8/h11-14H,9-10,25-26H2,1-8H3. The Labute approximate surface area is 160 Å². The molecule has 0 spiro atoms. The molecule has 2 aromatic rings. The summed E-state index contributed by atoms with van der Waals surface area (Å²) in [4.78, 5) is 0. The van der Waals surface area contributed by atoms with Gasteiger partial charge in [0.05, 0.1) is 0 Å². The molecule has 0 aromatic heterocycles. The summed E-state index contributed by atoms with van der Waals surface area (Å²) in [7, 11) is 0. The fraction of sp³-hybridized carbons (Fsp3) is 0.500. The molecule has 26 heavy (non-hydrogen) atoms. The Hall–Kier alpha value is -1.96. The molecule has 0 radical (unpaired) electrons. The van der Waals surface area contributed by atoms with Crippen molar-refractivity contribution in [3.8, 4) is 11.1 Å². The third-order valence-corrected chi connectivity index (χ3v) is 5.24. The van der Waals surface area contributed by atoms with Crippen molar-refractivity contribution in [1.29, 1.82) is 0 Å². The monoisotopic (exact) mass is 352 g/mol. The van der Waals surface area contributed by atoms with Crippen LogP contribution in [0.15, 0.2) is 24.3 Å². The van der Waals surface area contributed by atoms with Crippen molar-refractivity contribution >= 4 is 11.4 Å². The van der Waals surface area contributed by atoms with Gasteiger partial charge in [-0.3, -0.25) is 0 Å². The predicted octanol–water partition coefficient (Wildman–Crippen LogP) is 6.24. The van der Waals surface area contributed by atoms with Gasteiger partial charge in [-0.2, -0.15) is 0 Å². The number of benzene rings is 2. The van der Waals surface area contributed by atoms with Gasteiger partial charge in [0, 0.05) is 11.4 Å². The van der Waals surface area contributed by atoms with Crippen molar-refractivity contribution in [2.75, 3.05) is 11.5 Å². The maximum Gasteiger partial charge on any atom is 0.0384 e. The highest BCUT2D eigenvalue weighted by Crippen LogP contribution is 2.39. The molecule has 2 nitrogen and oxygen atoms in total. The third kappa shape index (κ3) is 3.90. The molecule has 0 aliphatic carbocycles. The molecule has 0 heterocycles. The Morgan fingerprint density at radius 1 is 0.615 bits per heavy atom. The Morgan fingerprint density at radius 3 is 1.15 bits per heavy atom. The maximum atomic E-state index is 6.49. The predicted molar refractivity (Wildman–Crippen MR) is 117 cm³/mol. The van der Waals surface area contributed by atoms with Crippen molar-refractivity contribution in [2.45, 2.75) is 79.1 Å². The first-order chi connectivity index (χ1) is 11.9. The summed E-state index contributed by atoms with van der Waals surface area (Å²) >= 11 is 0. The number of aryl methyl sites for hydroxylation is 2. The minimum absolute atomic E-state index is 0.0122. The van der Waals surface area contributed by atoms with Crippen LogP contribution in [0.25, 0.3) is 11.1 Å². The second-order valence-corrected chi connectivity index (χ2v) is 9.40. The van der Waals surface area contributed by atoms with Crippen LogP contribution in [-0.2, 0) is 23.7 Å². The number of nitrogen functional groups attached to an aromatic ring is 2. The van der Waals surface area contributed by atoms with Gasteiger partial charge in [-0.1, -0.05) is 55.4 Å². The van der Waals surface area contributed by atoms with Gasteiger partial charge in [0.25, 0.3) is 0 Å². The fourth-order valence-corrected chi connectivity index (χ4v) is 3.59. The van der Waals surface area contributed by atoms with Crippen molar-refractivity contribution in [3.63, 3.8) is 0 Å². The van der Waals surface area contributed by atoms with Crippen LogP contribution < -0.4 is 11.5 Å². The lowest BCUT2D eigenvalue weighted by Crippen LogP contribution is -2.16. The van der Waals surface area contributed by atoms with Crippen molar-refractivity contribution in [2.24, 2.45) is 0 Å². The van der Waals surface area contributed by atoms with Crippen molar-refractivity contribution < 1.29 is 0 Å². The van der Waals surface area contributed by atoms with Gasteiger partial charge in [-0.05, 0) is 81.3 Å². The van der Waals surface area contributed by atoms with E-state index < -0.39 is 0 Å². The van der Waals surface area contributed by atoms with Crippen LogP contribution in [0.3, 0.4) is 0 Å². The number of rotatable bonds is 3. The van der Waals surface area contributed by atoms with Crippen LogP contribution in [0, 0.1) is 0 Å². The first-order valence-electron chi connectivity index (χ1n) is 9.76. The second kappa shape index (κ2) is 6.98. The van der Waals surface area contributed by atoms with Crippen molar-refractivity contribution in [1.82, 2.24) is 0 Å². The van der Waals surface area contributed by atoms with Crippen LogP contribution in [-0.4, -0.2) is 0 Å². The summed E-state index contributed by atoms with van der Waals surface area (Å²) in [5.41, 5.74) is 22.2. The highest BCUT2D eigenvalue weighted by molar-refractivity contribution is 5.75. The summed E-state index contributed by atoms with van der Waals surface area (Å²) < 4.78 is 0. The first kappa shape index (κ1) is 20.4. The van der Waals surface area contributed by atoms with Gasteiger partial charge < -0.3 is 11.5 Å². The average Bonchev–Trinajstić information content (AvgIpc) is 2.53. The average molecular weight is 353 g/mol. The lowest BCUT2D eigenvalue weighted by Gasteiger charge is -2.26. The van der Waals surface area contributed by atoms with E-state index in [2.05, 4.69) is 79.7 Å². The van der Waals surface area contributed by atoms with E-state index in [0.717, 1.165) is 24.2 Å². The van der Waals surface area contributed by atoms with E-state index in [1.165, 1.54) is 33.4 Å².